The molecule has 5 rings (SSSR count). The molecule has 1 atom stereocenters. The Balaban J connectivity index is 1.26. The zero-order valence-corrected chi connectivity index (χ0v) is 18.2. The highest BCUT2D eigenvalue weighted by Crippen LogP contribution is 2.31. The van der Waals surface area contributed by atoms with Gasteiger partial charge >= 0.3 is 0 Å². The maximum absolute atomic E-state index is 14.9. The third-order valence-electron chi connectivity index (χ3n) is 6.44. The molecule has 2 aromatic carbocycles. The maximum atomic E-state index is 14.9. The van der Waals surface area contributed by atoms with Crippen LogP contribution in [0.1, 0.15) is 31.2 Å². The van der Waals surface area contributed by atoms with Crippen LogP contribution in [0.3, 0.4) is 0 Å². The van der Waals surface area contributed by atoms with Gasteiger partial charge in [0.05, 0.1) is 5.52 Å². The minimum absolute atomic E-state index is 0.0803. The van der Waals surface area contributed by atoms with Crippen molar-refractivity contribution in [2.45, 2.75) is 44.8 Å². The first-order valence-corrected chi connectivity index (χ1v) is 11.3. The van der Waals surface area contributed by atoms with Gasteiger partial charge in [-0.25, -0.2) is 4.39 Å². The lowest BCUT2D eigenvalue weighted by molar-refractivity contribution is -0.142. The predicted octanol–water partition coefficient (Wildman–Crippen LogP) is 4.90. The maximum Gasteiger partial charge on any atom is 0.251 e. The van der Waals surface area contributed by atoms with Gasteiger partial charge in [-0.15, -0.1) is 0 Å². The molecule has 2 saturated heterocycles. The number of ether oxygens (including phenoxy) is 2. The number of rotatable bonds is 4. The van der Waals surface area contributed by atoms with Crippen molar-refractivity contribution in [1.82, 2.24) is 9.88 Å². The van der Waals surface area contributed by atoms with Gasteiger partial charge < -0.3 is 14.4 Å². The van der Waals surface area contributed by atoms with Gasteiger partial charge in [0.1, 0.15) is 12.2 Å². The van der Waals surface area contributed by atoms with Gasteiger partial charge in [-0.1, -0.05) is 12.1 Å². The van der Waals surface area contributed by atoms with Crippen LogP contribution in [-0.2, 0) is 9.53 Å². The second-order valence-corrected chi connectivity index (χ2v) is 8.65. The summed E-state index contributed by atoms with van der Waals surface area (Å²) in [5.41, 5.74) is 3.72. The first-order valence-electron chi connectivity index (χ1n) is 11.3. The number of likely N-dealkylation sites (tertiary alicyclic amines) is 1. The molecule has 0 aliphatic carbocycles. The van der Waals surface area contributed by atoms with E-state index in [4.69, 9.17) is 9.47 Å². The summed E-state index contributed by atoms with van der Waals surface area (Å²) in [5, 5.41) is 1.07. The van der Waals surface area contributed by atoms with E-state index in [1.807, 2.05) is 36.1 Å². The van der Waals surface area contributed by atoms with Crippen LogP contribution in [0.5, 0.6) is 5.75 Å². The Bertz CT molecular complexity index is 1140. The molecule has 0 radical (unpaired) electrons. The average Bonchev–Trinajstić information content (AvgIpc) is 3.35. The number of aromatic nitrogens is 1. The van der Waals surface area contributed by atoms with Gasteiger partial charge in [0.2, 0.25) is 0 Å². The van der Waals surface area contributed by atoms with E-state index in [1.165, 1.54) is 6.07 Å². The highest BCUT2D eigenvalue weighted by Gasteiger charge is 2.31. The number of piperidine rings is 1. The smallest absolute Gasteiger partial charge is 0.251 e. The Labute approximate surface area is 187 Å². The molecule has 0 unspecified atom stereocenters. The molecule has 3 heterocycles. The van der Waals surface area contributed by atoms with Gasteiger partial charge in [0.25, 0.3) is 5.91 Å². The Morgan fingerprint density at radius 3 is 2.75 bits per heavy atom. The van der Waals surface area contributed by atoms with Crippen molar-refractivity contribution in [1.29, 1.82) is 0 Å². The molecule has 0 N–H and O–H groups in total. The fourth-order valence-electron chi connectivity index (χ4n) is 4.66. The summed E-state index contributed by atoms with van der Waals surface area (Å²) >= 11 is 0. The van der Waals surface area contributed by atoms with Gasteiger partial charge in [-0.05, 0) is 66.8 Å². The second kappa shape index (κ2) is 8.87. The number of aryl methyl sites for hydroxylation is 1. The lowest BCUT2D eigenvalue weighted by Crippen LogP contribution is -2.45. The lowest BCUT2D eigenvalue weighted by Gasteiger charge is -2.33. The quantitative estimate of drug-likeness (QED) is 0.586. The summed E-state index contributed by atoms with van der Waals surface area (Å²) in [7, 11) is 0. The van der Waals surface area contributed by atoms with Crippen molar-refractivity contribution < 1.29 is 18.7 Å². The fourth-order valence-corrected chi connectivity index (χ4v) is 4.66. The van der Waals surface area contributed by atoms with Crippen molar-refractivity contribution in [3.8, 4) is 16.9 Å². The zero-order chi connectivity index (χ0) is 22.1. The Kier molecular flexibility index (Phi) is 5.79. The van der Waals surface area contributed by atoms with Crippen molar-refractivity contribution in [2.75, 3.05) is 19.7 Å². The molecule has 0 saturated carbocycles. The largest absolute Gasteiger partial charge is 0.487 e. The van der Waals surface area contributed by atoms with Gasteiger partial charge in [0, 0.05) is 44.1 Å². The second-order valence-electron chi connectivity index (χ2n) is 8.65. The molecule has 166 valence electrons. The Morgan fingerprint density at radius 2 is 2.00 bits per heavy atom. The summed E-state index contributed by atoms with van der Waals surface area (Å²) in [4.78, 5) is 18.8. The normalized spacial score (nSPS) is 19.4. The van der Waals surface area contributed by atoms with Gasteiger partial charge in [0.15, 0.2) is 11.6 Å². The van der Waals surface area contributed by atoms with E-state index in [2.05, 4.69) is 11.1 Å². The van der Waals surface area contributed by atoms with E-state index in [0.29, 0.717) is 32.5 Å². The molecule has 1 amide bonds. The third-order valence-corrected chi connectivity index (χ3v) is 6.44. The van der Waals surface area contributed by atoms with E-state index in [-0.39, 0.29) is 29.7 Å². The fraction of sp³-hybridized carbons (Fsp3) is 0.385. The van der Waals surface area contributed by atoms with Crippen LogP contribution in [0.25, 0.3) is 22.0 Å². The highest BCUT2D eigenvalue weighted by atomic mass is 19.1. The highest BCUT2D eigenvalue weighted by molar-refractivity contribution is 5.86. The number of pyridine rings is 1. The number of hydrogen-bond acceptors (Lipinski definition) is 4. The molecule has 2 fully saturated rings. The first-order chi connectivity index (χ1) is 15.6. The SMILES string of the molecule is Cc1cc2cccnc2cc1-c1ccc(OC2CCN(C(=O)[C@H]3CCCO3)CC2)c(F)c1. The van der Waals surface area contributed by atoms with Crippen LogP contribution in [0.4, 0.5) is 4.39 Å². The molecule has 0 spiro atoms. The van der Waals surface area contributed by atoms with Crippen LogP contribution >= 0.6 is 0 Å². The van der Waals surface area contributed by atoms with Crippen LogP contribution in [0, 0.1) is 12.7 Å². The predicted molar refractivity (Wildman–Crippen MR) is 121 cm³/mol. The van der Waals surface area contributed by atoms with Crippen molar-refractivity contribution in [2.24, 2.45) is 0 Å². The minimum atomic E-state index is -0.374. The molecular weight excluding hydrogens is 407 g/mol. The van der Waals surface area contributed by atoms with Crippen molar-refractivity contribution >= 4 is 16.8 Å². The summed E-state index contributed by atoms with van der Waals surface area (Å²) < 4.78 is 26.4. The molecule has 3 aromatic rings. The van der Waals surface area contributed by atoms with Gasteiger partial charge in [-0.3, -0.25) is 9.78 Å². The number of halogens is 1. The molecule has 2 aliphatic heterocycles. The summed E-state index contributed by atoms with van der Waals surface area (Å²) in [6.45, 7) is 3.93. The van der Waals surface area contributed by atoms with Crippen LogP contribution < -0.4 is 4.74 Å². The average molecular weight is 435 g/mol. The molecule has 6 heteroatoms. The molecular formula is C26H27FN2O3. The lowest BCUT2D eigenvalue weighted by atomic mass is 9.98. The number of fused-ring (bicyclic) bond motifs is 1. The van der Waals surface area contributed by atoms with Crippen molar-refractivity contribution in [3.63, 3.8) is 0 Å². The van der Waals surface area contributed by atoms with Crippen molar-refractivity contribution in [3.05, 3.63) is 60.0 Å². The number of nitrogens with zero attached hydrogens (tertiary/aromatic N) is 2. The van der Waals surface area contributed by atoms with E-state index < -0.39 is 0 Å². The number of hydrogen-bond donors (Lipinski definition) is 0. The van der Waals surface area contributed by atoms with Gasteiger partial charge in [-0.2, -0.15) is 0 Å². The number of carbonyl (C=O) groups is 1. The monoisotopic (exact) mass is 434 g/mol. The summed E-state index contributed by atoms with van der Waals surface area (Å²) in [6, 6.07) is 13.1. The molecule has 1 aromatic heterocycles. The molecule has 5 nitrogen and oxygen atoms in total. The zero-order valence-electron chi connectivity index (χ0n) is 18.2. The van der Waals surface area contributed by atoms with Crippen LogP contribution in [0.15, 0.2) is 48.7 Å². The Hall–Kier alpha value is -2.99. The third kappa shape index (κ3) is 4.19. The van der Waals surface area contributed by atoms with E-state index in [9.17, 15) is 9.18 Å². The van der Waals surface area contributed by atoms with Crippen LogP contribution in [-0.4, -0.2) is 47.7 Å². The first kappa shape index (κ1) is 20.9. The van der Waals surface area contributed by atoms with E-state index in [0.717, 1.165) is 40.4 Å². The molecule has 32 heavy (non-hydrogen) atoms. The Morgan fingerprint density at radius 1 is 1.16 bits per heavy atom. The summed E-state index contributed by atoms with van der Waals surface area (Å²) in [6.07, 6.45) is 4.50. The number of carbonyl (C=O) groups excluding carboxylic acids is 1. The van der Waals surface area contributed by atoms with E-state index >= 15 is 0 Å². The van der Waals surface area contributed by atoms with E-state index in [1.54, 1.807) is 12.3 Å². The number of amides is 1. The summed E-state index contributed by atoms with van der Waals surface area (Å²) in [5.74, 6) is -0.0353. The molecule has 0 bridgehead atoms. The molecule has 2 aliphatic rings. The standard InChI is InChI=1S/C26H27FN2O3/c1-17-14-19-4-2-10-28-23(19)16-21(17)18-6-7-24(22(27)15-18)32-20-8-11-29(12-9-20)26(30)25-5-3-13-31-25/h2,4,6-7,10,14-16,20,25H,3,5,8-9,11-13H2,1H3/t25-/m1/s1. The topological polar surface area (TPSA) is 51.7 Å². The van der Waals surface area contributed by atoms with Crippen LogP contribution in [0.2, 0.25) is 0 Å². The minimum Gasteiger partial charge on any atom is -0.487 e. The number of benzene rings is 2.